The number of nitrogens with zero attached hydrogens (tertiary/aromatic N) is 2. The van der Waals surface area contributed by atoms with Crippen molar-refractivity contribution < 1.29 is 18.0 Å². The Morgan fingerprint density at radius 2 is 1.66 bits per heavy atom. The number of halogens is 1. The van der Waals surface area contributed by atoms with Gasteiger partial charge in [0.1, 0.15) is 6.04 Å². The number of hydrogen-bond donors (Lipinski definition) is 1. The molecule has 7 nitrogen and oxygen atoms in total. The van der Waals surface area contributed by atoms with Crippen LogP contribution in [0.2, 0.25) is 5.02 Å². The number of benzene rings is 2. The maximum atomic E-state index is 13.0. The number of sulfonamides is 1. The maximum Gasteiger partial charge on any atom is 0.242 e. The van der Waals surface area contributed by atoms with Crippen LogP contribution in [0.25, 0.3) is 0 Å². The maximum absolute atomic E-state index is 13.0. The van der Waals surface area contributed by atoms with E-state index in [1.54, 1.807) is 31.2 Å². The number of likely N-dealkylation sites (N-methyl/N-ethyl adjacent to an activating group) is 1. The molecule has 0 bridgehead atoms. The molecule has 0 spiro atoms. The number of carbonyl (C=O) groups excluding carboxylic acids is 2. The molecule has 174 valence electrons. The summed E-state index contributed by atoms with van der Waals surface area (Å²) >= 11 is 5.94. The third kappa shape index (κ3) is 7.24. The highest BCUT2D eigenvalue weighted by Crippen LogP contribution is 2.20. The molecule has 1 unspecified atom stereocenters. The average molecular weight is 480 g/mol. The fourth-order valence-electron chi connectivity index (χ4n) is 3.29. The predicted molar refractivity (Wildman–Crippen MR) is 128 cm³/mol. The van der Waals surface area contributed by atoms with E-state index in [0.29, 0.717) is 17.1 Å². The molecule has 0 aliphatic heterocycles. The molecule has 0 saturated heterocycles. The first-order chi connectivity index (χ1) is 15.0. The molecular weight excluding hydrogens is 450 g/mol. The van der Waals surface area contributed by atoms with E-state index in [2.05, 4.69) is 5.32 Å². The van der Waals surface area contributed by atoms with Gasteiger partial charge in [0, 0.05) is 31.6 Å². The minimum absolute atomic E-state index is 0.104. The van der Waals surface area contributed by atoms with Gasteiger partial charge in [-0.05, 0) is 50.1 Å². The lowest BCUT2D eigenvalue weighted by molar-refractivity contribution is -0.140. The van der Waals surface area contributed by atoms with Gasteiger partial charge < -0.3 is 10.2 Å². The van der Waals surface area contributed by atoms with E-state index in [9.17, 15) is 18.0 Å². The van der Waals surface area contributed by atoms with Crippen LogP contribution in [0.3, 0.4) is 0 Å². The number of hydrogen-bond acceptors (Lipinski definition) is 4. The number of aryl methyl sites for hydroxylation is 1. The molecule has 0 radical (unpaired) electrons. The molecule has 0 aromatic heterocycles. The summed E-state index contributed by atoms with van der Waals surface area (Å²) in [6.07, 6.45) is 1.57. The molecule has 2 rings (SSSR count). The lowest BCUT2D eigenvalue weighted by atomic mass is 10.1. The van der Waals surface area contributed by atoms with E-state index < -0.39 is 16.1 Å². The van der Waals surface area contributed by atoms with Crippen molar-refractivity contribution in [3.05, 3.63) is 64.7 Å². The summed E-state index contributed by atoms with van der Waals surface area (Å²) in [7, 11) is -1.98. The Bertz CT molecular complexity index is 1020. The van der Waals surface area contributed by atoms with Gasteiger partial charge >= 0.3 is 0 Å². The van der Waals surface area contributed by atoms with Crippen LogP contribution in [-0.2, 0) is 26.2 Å². The van der Waals surface area contributed by atoms with Crippen molar-refractivity contribution in [3.8, 4) is 0 Å². The van der Waals surface area contributed by atoms with Crippen molar-refractivity contribution in [1.29, 1.82) is 0 Å². The first kappa shape index (κ1) is 25.7. The van der Waals surface area contributed by atoms with Gasteiger partial charge in [0.25, 0.3) is 0 Å². The van der Waals surface area contributed by atoms with E-state index in [4.69, 9.17) is 11.6 Å². The van der Waals surface area contributed by atoms with Gasteiger partial charge in [-0.2, -0.15) is 0 Å². The van der Waals surface area contributed by atoms with Crippen molar-refractivity contribution in [2.24, 2.45) is 0 Å². The molecule has 0 heterocycles. The Balaban J connectivity index is 2.12. The van der Waals surface area contributed by atoms with Gasteiger partial charge in [0.05, 0.1) is 11.9 Å². The molecule has 9 heteroatoms. The first-order valence-electron chi connectivity index (χ1n) is 10.3. The second-order valence-corrected chi connectivity index (χ2v) is 10.1. The minimum Gasteiger partial charge on any atom is -0.357 e. The minimum atomic E-state index is -3.50. The van der Waals surface area contributed by atoms with Crippen molar-refractivity contribution in [2.45, 2.75) is 39.3 Å². The van der Waals surface area contributed by atoms with Crippen LogP contribution in [0.15, 0.2) is 48.5 Å². The normalized spacial score (nSPS) is 12.2. The van der Waals surface area contributed by atoms with Crippen molar-refractivity contribution >= 4 is 39.1 Å². The molecule has 1 atom stereocenters. The monoisotopic (exact) mass is 479 g/mol. The van der Waals surface area contributed by atoms with E-state index in [0.717, 1.165) is 17.4 Å². The van der Waals surface area contributed by atoms with Crippen LogP contribution in [0.4, 0.5) is 5.69 Å². The largest absolute Gasteiger partial charge is 0.357 e. The summed E-state index contributed by atoms with van der Waals surface area (Å²) in [4.78, 5) is 26.8. The molecule has 1 N–H and O–H groups in total. The van der Waals surface area contributed by atoms with Crippen LogP contribution in [0.1, 0.15) is 30.9 Å². The zero-order valence-electron chi connectivity index (χ0n) is 18.8. The predicted octanol–water partition coefficient (Wildman–Crippen LogP) is 3.36. The van der Waals surface area contributed by atoms with Crippen LogP contribution in [0.5, 0.6) is 0 Å². The lowest BCUT2D eigenvalue weighted by Gasteiger charge is -2.29. The third-order valence-corrected chi connectivity index (χ3v) is 6.60. The van der Waals surface area contributed by atoms with Crippen LogP contribution in [-0.4, -0.2) is 51.0 Å². The molecular formula is C23H30ClN3O4S. The topological polar surface area (TPSA) is 86.8 Å². The second kappa shape index (κ2) is 11.3. The summed E-state index contributed by atoms with van der Waals surface area (Å²) < 4.78 is 25.9. The Labute approximate surface area is 195 Å². The smallest absolute Gasteiger partial charge is 0.242 e. The van der Waals surface area contributed by atoms with Gasteiger partial charge in [0.15, 0.2) is 0 Å². The lowest BCUT2D eigenvalue weighted by Crippen LogP contribution is -2.46. The Kier molecular flexibility index (Phi) is 9.09. The number of carbonyl (C=O) groups is 2. The molecule has 0 aliphatic rings. The molecule has 2 amide bonds. The zero-order valence-corrected chi connectivity index (χ0v) is 20.4. The number of rotatable bonds is 10. The molecule has 32 heavy (non-hydrogen) atoms. The highest BCUT2D eigenvalue weighted by molar-refractivity contribution is 7.92. The van der Waals surface area contributed by atoms with E-state index in [-0.39, 0.29) is 31.3 Å². The Morgan fingerprint density at radius 3 is 2.19 bits per heavy atom. The zero-order chi connectivity index (χ0) is 23.9. The SMILES string of the molecule is CNC(=O)C(C)N(Cc1ccc(Cl)cc1)C(=O)CCCN(c1ccc(C)cc1)S(C)(=O)=O. The average Bonchev–Trinajstić information content (AvgIpc) is 2.75. The van der Waals surface area contributed by atoms with Crippen molar-refractivity contribution in [2.75, 3.05) is 24.2 Å². The van der Waals surface area contributed by atoms with Gasteiger partial charge in [-0.15, -0.1) is 0 Å². The summed E-state index contributed by atoms with van der Waals surface area (Å²) in [6.45, 7) is 4.01. The molecule has 2 aromatic carbocycles. The number of amides is 2. The second-order valence-electron chi connectivity index (χ2n) is 7.71. The quantitative estimate of drug-likeness (QED) is 0.566. The summed E-state index contributed by atoms with van der Waals surface area (Å²) in [6, 6.07) is 13.6. The van der Waals surface area contributed by atoms with Gasteiger partial charge in [-0.25, -0.2) is 8.42 Å². The standard InChI is InChI=1S/C23H30ClN3O4S/c1-17-7-13-21(14-8-17)27(32(4,30)31)15-5-6-22(28)26(18(2)23(29)25-3)16-19-9-11-20(24)12-10-19/h7-14,18H,5-6,15-16H2,1-4H3,(H,25,29). The Morgan fingerprint density at radius 1 is 1.06 bits per heavy atom. The Hall–Kier alpha value is -2.58. The first-order valence-corrected chi connectivity index (χ1v) is 12.6. The third-order valence-electron chi connectivity index (χ3n) is 5.15. The van der Waals surface area contributed by atoms with E-state index in [1.807, 2.05) is 31.2 Å². The van der Waals surface area contributed by atoms with Crippen LogP contribution >= 0.6 is 11.6 Å². The van der Waals surface area contributed by atoms with Crippen molar-refractivity contribution in [3.63, 3.8) is 0 Å². The van der Waals surface area contributed by atoms with Gasteiger partial charge in [-0.1, -0.05) is 41.4 Å². The van der Waals surface area contributed by atoms with Crippen molar-refractivity contribution in [1.82, 2.24) is 10.2 Å². The van der Waals surface area contributed by atoms with Crippen LogP contribution < -0.4 is 9.62 Å². The number of anilines is 1. The molecule has 2 aromatic rings. The highest BCUT2D eigenvalue weighted by atomic mass is 35.5. The fraction of sp³-hybridized carbons (Fsp3) is 0.391. The molecule has 0 saturated carbocycles. The molecule has 0 fully saturated rings. The van der Waals surface area contributed by atoms with E-state index >= 15 is 0 Å². The van der Waals surface area contributed by atoms with E-state index in [1.165, 1.54) is 16.3 Å². The van der Waals surface area contributed by atoms with Gasteiger partial charge in [-0.3, -0.25) is 13.9 Å². The summed E-state index contributed by atoms with van der Waals surface area (Å²) in [5, 5.41) is 3.16. The van der Waals surface area contributed by atoms with Gasteiger partial charge in [0.2, 0.25) is 21.8 Å². The fourth-order valence-corrected chi connectivity index (χ4v) is 4.38. The molecule has 0 aliphatic carbocycles. The summed E-state index contributed by atoms with van der Waals surface area (Å²) in [5.41, 5.74) is 2.43. The van der Waals surface area contributed by atoms with Crippen LogP contribution in [0, 0.1) is 6.92 Å². The number of nitrogens with one attached hydrogen (secondary N) is 1. The summed E-state index contributed by atoms with van der Waals surface area (Å²) in [5.74, 6) is -0.502. The highest BCUT2D eigenvalue weighted by Gasteiger charge is 2.26.